The zero-order valence-electron chi connectivity index (χ0n) is 12.7. The number of thioether (sulfide) groups is 1. The smallest absolute Gasteiger partial charge is 0.861 e. The van der Waals surface area contributed by atoms with Gasteiger partial charge < -0.3 is 5.11 Å². The van der Waals surface area contributed by atoms with Crippen molar-refractivity contribution < 1.29 is 44.3 Å². The molecule has 1 unspecified atom stereocenters. The minimum Gasteiger partial charge on any atom is -0.861 e. The monoisotopic (exact) mass is 308 g/mol. The van der Waals surface area contributed by atoms with Crippen LogP contribution in [0.25, 0.3) is 0 Å². The van der Waals surface area contributed by atoms with Gasteiger partial charge in [0.1, 0.15) is 0 Å². The van der Waals surface area contributed by atoms with Crippen molar-refractivity contribution in [3.05, 3.63) is 0 Å². The first-order valence-electron chi connectivity index (χ1n) is 6.69. The number of urea groups is 1. The van der Waals surface area contributed by atoms with Crippen LogP contribution in [0, 0.1) is 11.3 Å². The molecule has 0 aromatic carbocycles. The van der Waals surface area contributed by atoms with E-state index in [-0.39, 0.29) is 29.6 Å². The number of aliphatic imine (C=N–C) groups is 1. The number of carbonyl (C=O) groups excluding carboxylic acids is 2. The summed E-state index contributed by atoms with van der Waals surface area (Å²) in [5.74, 6) is 0.808. The Morgan fingerprint density at radius 2 is 1.90 bits per heavy atom. The van der Waals surface area contributed by atoms with Crippen LogP contribution in [0.4, 0.5) is 4.79 Å². The summed E-state index contributed by atoms with van der Waals surface area (Å²) >= 11 is 1.60. The Hall–Kier alpha value is -0.0400. The molecule has 1 N–H and O–H groups in total. The van der Waals surface area contributed by atoms with Crippen molar-refractivity contribution in [3.63, 3.8) is 0 Å². The van der Waals surface area contributed by atoms with Gasteiger partial charge in [-0.3, -0.25) is 10.1 Å². The van der Waals surface area contributed by atoms with Crippen LogP contribution in [0.5, 0.6) is 0 Å². The van der Waals surface area contributed by atoms with E-state index in [1.54, 1.807) is 18.7 Å². The summed E-state index contributed by atoms with van der Waals surface area (Å²) in [6.07, 6.45) is 2.54. The van der Waals surface area contributed by atoms with E-state index in [1.807, 2.05) is 0 Å². The van der Waals surface area contributed by atoms with E-state index in [9.17, 15) is 14.7 Å². The Morgan fingerprint density at radius 3 is 2.35 bits per heavy atom. The molecule has 0 radical (unpaired) electrons. The minimum atomic E-state index is -1.16. The number of hydrogen-bond donors (Lipinski definition) is 1. The number of carbonyl (C=O) groups is 2. The second-order valence-electron chi connectivity index (χ2n) is 4.81. The second-order valence-corrected chi connectivity index (χ2v) is 5.84. The van der Waals surface area contributed by atoms with Crippen molar-refractivity contribution in [1.29, 1.82) is 0 Å². The summed E-state index contributed by atoms with van der Waals surface area (Å²) in [5.41, 5.74) is -1.16. The zero-order chi connectivity index (χ0) is 14.5. The van der Waals surface area contributed by atoms with Gasteiger partial charge in [0.25, 0.3) is 0 Å². The Labute approximate surface area is 146 Å². The molecule has 1 aliphatic heterocycles. The van der Waals surface area contributed by atoms with Crippen molar-refractivity contribution in [3.8, 4) is 0 Å². The quantitative estimate of drug-likeness (QED) is 0.584. The Morgan fingerprint density at radius 1 is 1.30 bits per heavy atom. The summed E-state index contributed by atoms with van der Waals surface area (Å²) in [6, 6.07) is -0.843. The van der Waals surface area contributed by atoms with Crippen LogP contribution < -0.4 is 40.0 Å². The SMILES string of the molecule is CCC(CC)CSCC1(CC)C(=O)NC(=O)N=C1[O-].[Na+]. The number of nitrogens with zero attached hydrogens (tertiary/aromatic N) is 1. The van der Waals surface area contributed by atoms with Gasteiger partial charge in [0.15, 0.2) is 0 Å². The largest absolute Gasteiger partial charge is 1.00 e. The van der Waals surface area contributed by atoms with E-state index in [0.29, 0.717) is 18.1 Å². The van der Waals surface area contributed by atoms with Crippen molar-refractivity contribution >= 4 is 29.6 Å². The van der Waals surface area contributed by atoms with Crippen LogP contribution in [0.15, 0.2) is 4.99 Å². The molecule has 108 valence electrons. The standard InChI is InChI=1S/C13H22N2O3S.Na/c1-4-9(5-2)7-19-8-13(6-3)10(16)14-12(18)15-11(13)17;/h9H,4-8H2,1-3H3,(H2,14,15,16,17,18);/q;+1/p-1. The van der Waals surface area contributed by atoms with E-state index in [2.05, 4.69) is 24.2 Å². The molecule has 20 heavy (non-hydrogen) atoms. The van der Waals surface area contributed by atoms with Crippen molar-refractivity contribution in [2.75, 3.05) is 11.5 Å². The number of amides is 3. The number of rotatable bonds is 7. The topological polar surface area (TPSA) is 81.6 Å². The fourth-order valence-corrected chi connectivity index (χ4v) is 3.74. The molecule has 3 amide bonds. The third-order valence-electron chi connectivity index (χ3n) is 3.73. The van der Waals surface area contributed by atoms with Gasteiger partial charge >= 0.3 is 35.6 Å². The third kappa shape index (κ3) is 4.48. The third-order valence-corrected chi connectivity index (χ3v) is 5.13. The molecule has 0 aliphatic carbocycles. The summed E-state index contributed by atoms with van der Waals surface area (Å²) in [4.78, 5) is 26.4. The fraction of sp³-hybridized carbons (Fsp3) is 0.769. The van der Waals surface area contributed by atoms with Gasteiger partial charge in [0, 0.05) is 5.75 Å². The van der Waals surface area contributed by atoms with E-state index >= 15 is 0 Å². The molecule has 1 atom stereocenters. The van der Waals surface area contributed by atoms with Gasteiger partial charge in [-0.2, -0.15) is 11.8 Å². The summed E-state index contributed by atoms with van der Waals surface area (Å²) in [6.45, 7) is 6.05. The molecule has 0 saturated heterocycles. The molecule has 7 heteroatoms. The minimum absolute atomic E-state index is 0. The van der Waals surface area contributed by atoms with Gasteiger partial charge in [-0.25, -0.2) is 9.79 Å². The molecule has 1 heterocycles. The Balaban J connectivity index is 0.00000361. The van der Waals surface area contributed by atoms with E-state index in [1.165, 1.54) is 0 Å². The maximum Gasteiger partial charge on any atom is 1.00 e. The fourth-order valence-electron chi connectivity index (χ4n) is 2.01. The Bertz CT molecular complexity index is 386. The molecular formula is C13H21N2NaO3S. The van der Waals surface area contributed by atoms with E-state index in [4.69, 9.17) is 0 Å². The van der Waals surface area contributed by atoms with Crippen LogP contribution in [-0.4, -0.2) is 29.3 Å². The number of nitrogens with one attached hydrogen (secondary N) is 1. The molecular weight excluding hydrogens is 287 g/mol. The molecule has 0 spiro atoms. The first kappa shape index (κ1) is 20.0. The molecule has 0 aromatic rings. The van der Waals surface area contributed by atoms with Crippen LogP contribution in [0.2, 0.25) is 0 Å². The molecule has 1 rings (SSSR count). The molecule has 0 fully saturated rings. The van der Waals surface area contributed by atoms with Crippen LogP contribution in [-0.2, 0) is 4.79 Å². The first-order chi connectivity index (χ1) is 9.00. The molecule has 0 aromatic heterocycles. The van der Waals surface area contributed by atoms with E-state index in [0.717, 1.165) is 18.6 Å². The molecule has 0 bridgehead atoms. The van der Waals surface area contributed by atoms with E-state index < -0.39 is 23.3 Å². The van der Waals surface area contributed by atoms with Crippen LogP contribution >= 0.6 is 11.8 Å². The van der Waals surface area contributed by atoms with Crippen molar-refractivity contribution in [1.82, 2.24) is 5.32 Å². The average molecular weight is 308 g/mol. The zero-order valence-corrected chi connectivity index (χ0v) is 15.5. The second kappa shape index (κ2) is 9.07. The maximum atomic E-state index is 12.0. The van der Waals surface area contributed by atoms with Gasteiger partial charge in [-0.05, 0) is 24.0 Å². The van der Waals surface area contributed by atoms with Gasteiger partial charge in [-0.15, -0.1) is 0 Å². The molecule has 1 aliphatic rings. The van der Waals surface area contributed by atoms with Crippen LogP contribution in [0.1, 0.15) is 40.0 Å². The molecule has 0 saturated carbocycles. The van der Waals surface area contributed by atoms with Crippen LogP contribution in [0.3, 0.4) is 0 Å². The predicted octanol–water partition coefficient (Wildman–Crippen LogP) is -1.44. The van der Waals surface area contributed by atoms with Gasteiger partial charge in [0.05, 0.1) is 5.41 Å². The average Bonchev–Trinajstić information content (AvgIpc) is 2.37. The van der Waals surface area contributed by atoms with Crippen molar-refractivity contribution in [2.45, 2.75) is 40.0 Å². The number of hydrogen-bond acceptors (Lipinski definition) is 4. The first-order valence-corrected chi connectivity index (χ1v) is 7.84. The molecule has 5 nitrogen and oxygen atoms in total. The summed E-state index contributed by atoms with van der Waals surface area (Å²) < 4.78 is 0. The normalized spacial score (nSPS) is 22.3. The summed E-state index contributed by atoms with van der Waals surface area (Å²) in [7, 11) is 0. The Kier molecular flexibility index (Phi) is 9.06. The maximum absolute atomic E-state index is 12.0. The van der Waals surface area contributed by atoms with Gasteiger partial charge in [-0.1, -0.05) is 33.6 Å². The van der Waals surface area contributed by atoms with Crippen molar-refractivity contribution in [2.24, 2.45) is 16.3 Å². The summed E-state index contributed by atoms with van der Waals surface area (Å²) in [5, 5.41) is 14.1. The number of imide groups is 1. The van der Waals surface area contributed by atoms with Gasteiger partial charge in [0.2, 0.25) is 5.91 Å². The predicted molar refractivity (Wildman–Crippen MR) is 75.1 cm³/mol.